The Hall–Kier alpha value is -3.67. The molecule has 0 aliphatic heterocycles. The number of hydrogen-bond acceptors (Lipinski definition) is 6. The highest BCUT2D eigenvalue weighted by Crippen LogP contribution is 2.53. The van der Waals surface area contributed by atoms with Gasteiger partial charge in [0.15, 0.2) is 5.78 Å². The summed E-state index contributed by atoms with van der Waals surface area (Å²) in [5.41, 5.74) is 3.21. The van der Waals surface area contributed by atoms with E-state index in [0.717, 1.165) is 22.4 Å². The van der Waals surface area contributed by atoms with Crippen LogP contribution >= 0.6 is 0 Å². The maximum Gasteiger partial charge on any atom is 0.171 e. The molecular formula is C26H26O6. The summed E-state index contributed by atoms with van der Waals surface area (Å²) in [7, 11) is 8.01. The molecule has 3 aromatic rings. The van der Waals surface area contributed by atoms with Crippen molar-refractivity contribution in [1.82, 2.24) is 0 Å². The van der Waals surface area contributed by atoms with E-state index in [0.29, 0.717) is 28.6 Å². The lowest BCUT2D eigenvalue weighted by atomic mass is 9.81. The Balaban J connectivity index is 1.97. The van der Waals surface area contributed by atoms with Gasteiger partial charge in [0.1, 0.15) is 28.7 Å². The molecule has 0 unspecified atom stereocenters. The molecule has 166 valence electrons. The second kappa shape index (κ2) is 8.83. The Morgan fingerprint density at radius 3 is 1.66 bits per heavy atom. The van der Waals surface area contributed by atoms with Gasteiger partial charge in [-0.15, -0.1) is 0 Å². The highest BCUT2D eigenvalue weighted by atomic mass is 16.5. The lowest BCUT2D eigenvalue weighted by molar-refractivity contribution is 0.0968. The zero-order valence-corrected chi connectivity index (χ0v) is 18.8. The van der Waals surface area contributed by atoms with Crippen LogP contribution in [0.1, 0.15) is 38.9 Å². The first-order valence-corrected chi connectivity index (χ1v) is 10.2. The first-order valence-electron chi connectivity index (χ1n) is 10.2. The average Bonchev–Trinajstić information content (AvgIpc) is 3.15. The first kappa shape index (κ1) is 21.6. The molecule has 0 fully saturated rings. The van der Waals surface area contributed by atoms with Crippen LogP contribution in [0.25, 0.3) is 0 Å². The standard InChI is InChI=1S/C26H26O6/c1-28-17-8-6-15(7-9-17)24-23(16-10-18(29-2)12-19(11-16)30-3)25-21(26(24)27)13-20(31-4)14-22(25)32-5/h6-14,23-24H,1-5H3/t23-,24+/m1/s1. The van der Waals surface area contributed by atoms with E-state index in [4.69, 9.17) is 23.7 Å². The fraction of sp³-hybridized carbons (Fsp3) is 0.269. The number of ketones is 1. The van der Waals surface area contributed by atoms with E-state index >= 15 is 0 Å². The van der Waals surface area contributed by atoms with E-state index in [-0.39, 0.29) is 11.7 Å². The molecule has 0 radical (unpaired) electrons. The number of carbonyl (C=O) groups is 1. The molecule has 6 heteroatoms. The summed E-state index contributed by atoms with van der Waals surface area (Å²) in [6.07, 6.45) is 0. The van der Waals surface area contributed by atoms with Crippen molar-refractivity contribution in [1.29, 1.82) is 0 Å². The number of rotatable bonds is 7. The largest absolute Gasteiger partial charge is 0.497 e. The van der Waals surface area contributed by atoms with E-state index in [2.05, 4.69) is 0 Å². The third-order valence-corrected chi connectivity index (χ3v) is 5.97. The average molecular weight is 434 g/mol. The Kier molecular flexibility index (Phi) is 5.95. The van der Waals surface area contributed by atoms with Gasteiger partial charge in [-0.1, -0.05) is 12.1 Å². The number of fused-ring (bicyclic) bond motifs is 1. The molecule has 1 aliphatic carbocycles. The van der Waals surface area contributed by atoms with Gasteiger partial charge in [-0.2, -0.15) is 0 Å². The van der Waals surface area contributed by atoms with Gasteiger partial charge in [-0.05, 0) is 41.5 Å². The van der Waals surface area contributed by atoms with E-state index in [1.807, 2.05) is 48.5 Å². The predicted molar refractivity (Wildman–Crippen MR) is 121 cm³/mol. The quantitative estimate of drug-likeness (QED) is 0.530. The normalized spacial score (nSPS) is 17.0. The van der Waals surface area contributed by atoms with E-state index in [9.17, 15) is 4.79 Å². The van der Waals surface area contributed by atoms with Crippen molar-refractivity contribution in [2.75, 3.05) is 35.5 Å². The molecule has 3 aromatic carbocycles. The molecule has 0 heterocycles. The smallest absolute Gasteiger partial charge is 0.171 e. The van der Waals surface area contributed by atoms with Crippen molar-refractivity contribution in [2.45, 2.75) is 11.8 Å². The molecule has 0 spiro atoms. The van der Waals surface area contributed by atoms with E-state index in [1.54, 1.807) is 41.6 Å². The highest BCUT2D eigenvalue weighted by molar-refractivity contribution is 6.08. The van der Waals surface area contributed by atoms with Crippen molar-refractivity contribution in [3.63, 3.8) is 0 Å². The molecule has 6 nitrogen and oxygen atoms in total. The zero-order valence-electron chi connectivity index (χ0n) is 18.8. The van der Waals surface area contributed by atoms with Gasteiger partial charge in [-0.25, -0.2) is 0 Å². The Morgan fingerprint density at radius 1 is 0.562 bits per heavy atom. The van der Waals surface area contributed by atoms with Crippen molar-refractivity contribution in [2.24, 2.45) is 0 Å². The SMILES string of the molecule is COc1ccc([C@@H]2C(=O)c3cc(OC)cc(OC)c3[C@@H]2c2cc(OC)cc(OC)c2)cc1. The molecule has 0 amide bonds. The summed E-state index contributed by atoms with van der Waals surface area (Å²) in [6, 6.07) is 16.9. The van der Waals surface area contributed by atoms with Crippen LogP contribution in [-0.4, -0.2) is 41.3 Å². The minimum atomic E-state index is -0.450. The Morgan fingerprint density at radius 2 is 1.12 bits per heavy atom. The van der Waals surface area contributed by atoms with Crippen LogP contribution < -0.4 is 23.7 Å². The monoisotopic (exact) mass is 434 g/mol. The minimum absolute atomic E-state index is 0.00848. The van der Waals surface area contributed by atoms with Crippen molar-refractivity contribution >= 4 is 5.78 Å². The Labute approximate surface area is 187 Å². The van der Waals surface area contributed by atoms with Gasteiger partial charge >= 0.3 is 0 Å². The number of methoxy groups -OCH3 is 5. The van der Waals surface area contributed by atoms with E-state index in [1.165, 1.54) is 0 Å². The van der Waals surface area contributed by atoms with Gasteiger partial charge in [0, 0.05) is 29.2 Å². The van der Waals surface area contributed by atoms with Crippen LogP contribution in [0, 0.1) is 0 Å². The first-order chi connectivity index (χ1) is 15.5. The van der Waals surface area contributed by atoms with Crippen molar-refractivity contribution < 1.29 is 28.5 Å². The molecule has 32 heavy (non-hydrogen) atoms. The number of Topliss-reactive ketones (excluding diaryl/α,β-unsaturated/α-hetero) is 1. The van der Waals surface area contributed by atoms with Crippen LogP contribution in [0.4, 0.5) is 0 Å². The molecular weight excluding hydrogens is 408 g/mol. The van der Waals surface area contributed by atoms with Gasteiger partial charge in [0.25, 0.3) is 0 Å². The van der Waals surface area contributed by atoms with Crippen LogP contribution in [0.15, 0.2) is 54.6 Å². The topological polar surface area (TPSA) is 63.2 Å². The molecule has 2 atom stereocenters. The summed E-state index contributed by atoms with van der Waals surface area (Å²) in [5.74, 6) is 2.48. The third kappa shape index (κ3) is 3.62. The van der Waals surface area contributed by atoms with Crippen molar-refractivity contribution in [3.05, 3.63) is 76.9 Å². The lowest BCUT2D eigenvalue weighted by Gasteiger charge is -2.23. The van der Waals surface area contributed by atoms with Crippen LogP contribution in [0.2, 0.25) is 0 Å². The minimum Gasteiger partial charge on any atom is -0.497 e. The molecule has 1 aliphatic rings. The highest BCUT2D eigenvalue weighted by Gasteiger charge is 2.44. The molecule has 0 saturated carbocycles. The summed E-state index contributed by atoms with van der Waals surface area (Å²) < 4.78 is 27.5. The summed E-state index contributed by atoms with van der Waals surface area (Å²) >= 11 is 0. The second-order valence-corrected chi connectivity index (χ2v) is 7.53. The van der Waals surface area contributed by atoms with Gasteiger partial charge in [-0.3, -0.25) is 4.79 Å². The van der Waals surface area contributed by atoms with Gasteiger partial charge in [0.2, 0.25) is 0 Å². The molecule has 0 bridgehead atoms. The number of hydrogen-bond donors (Lipinski definition) is 0. The number of ether oxygens (including phenoxy) is 5. The van der Waals surface area contributed by atoms with Crippen LogP contribution in [0.5, 0.6) is 28.7 Å². The zero-order chi connectivity index (χ0) is 22.8. The maximum atomic E-state index is 13.8. The Bertz CT molecular complexity index is 1110. The number of benzene rings is 3. The molecule has 4 rings (SSSR count). The fourth-order valence-corrected chi connectivity index (χ4v) is 4.42. The summed E-state index contributed by atoms with van der Waals surface area (Å²) in [4.78, 5) is 13.8. The number of carbonyl (C=O) groups excluding carboxylic acids is 1. The van der Waals surface area contributed by atoms with E-state index < -0.39 is 5.92 Å². The predicted octanol–water partition coefficient (Wildman–Crippen LogP) is 4.84. The summed E-state index contributed by atoms with van der Waals surface area (Å²) in [6.45, 7) is 0. The van der Waals surface area contributed by atoms with Crippen molar-refractivity contribution in [3.8, 4) is 28.7 Å². The maximum absolute atomic E-state index is 13.8. The van der Waals surface area contributed by atoms with Gasteiger partial charge < -0.3 is 23.7 Å². The summed E-state index contributed by atoms with van der Waals surface area (Å²) in [5, 5.41) is 0. The van der Waals surface area contributed by atoms with Crippen LogP contribution in [0.3, 0.4) is 0 Å². The van der Waals surface area contributed by atoms with Gasteiger partial charge in [0.05, 0.1) is 41.5 Å². The molecule has 0 saturated heterocycles. The lowest BCUT2D eigenvalue weighted by Crippen LogP contribution is -2.13. The molecule has 0 aromatic heterocycles. The second-order valence-electron chi connectivity index (χ2n) is 7.53. The fourth-order valence-electron chi connectivity index (χ4n) is 4.42. The van der Waals surface area contributed by atoms with Crippen LogP contribution in [-0.2, 0) is 0 Å². The third-order valence-electron chi connectivity index (χ3n) is 5.97. The molecule has 0 N–H and O–H groups in total.